The monoisotopic (exact) mass is 459 g/mol. The van der Waals surface area contributed by atoms with Gasteiger partial charge in [-0.2, -0.15) is 10.5 Å². The summed E-state index contributed by atoms with van der Waals surface area (Å²) in [4.78, 5) is 39.3. The van der Waals surface area contributed by atoms with Crippen molar-refractivity contribution in [2.75, 3.05) is 37.4 Å². The number of hydrogen-bond donors (Lipinski definition) is 1. The lowest BCUT2D eigenvalue weighted by Crippen LogP contribution is -2.23. The molecule has 2 rings (SSSR count). The van der Waals surface area contributed by atoms with Crippen molar-refractivity contribution in [2.45, 2.75) is 20.8 Å². The quantitative estimate of drug-likeness (QED) is 0.464. The summed E-state index contributed by atoms with van der Waals surface area (Å²) in [5, 5.41) is 30.3. The van der Waals surface area contributed by atoms with Gasteiger partial charge in [-0.1, -0.05) is 0 Å². The molecule has 0 aliphatic carbocycles. The molecular formula is C24H25N7O3. The van der Waals surface area contributed by atoms with Crippen molar-refractivity contribution in [3.05, 3.63) is 46.5 Å². The number of nitrogens with zero attached hydrogens (tertiary/aromatic N) is 6. The fourth-order valence-corrected chi connectivity index (χ4v) is 3.32. The van der Waals surface area contributed by atoms with Gasteiger partial charge in [-0.25, -0.2) is 0 Å². The Morgan fingerprint density at radius 3 is 2.26 bits per heavy atom. The average molecular weight is 460 g/mol. The SMILES string of the molecule is CCN(CC)c1ccc(N=Nc2c(C#N)cc(C(=O)N(C)C)c(C=O)c2C#N)c(NC(C)=O)c1. The minimum Gasteiger partial charge on any atom is -0.372 e. The lowest BCUT2D eigenvalue weighted by molar-refractivity contribution is -0.114. The summed E-state index contributed by atoms with van der Waals surface area (Å²) < 4.78 is 0. The lowest BCUT2D eigenvalue weighted by atomic mass is 9.96. The number of carbonyl (C=O) groups is 3. The molecule has 0 unspecified atom stereocenters. The fourth-order valence-electron chi connectivity index (χ4n) is 3.32. The van der Waals surface area contributed by atoms with E-state index in [0.717, 1.165) is 18.8 Å². The number of nitriles is 2. The normalized spacial score (nSPS) is 10.3. The molecule has 0 heterocycles. The molecule has 2 aromatic carbocycles. The molecule has 0 saturated heterocycles. The zero-order chi connectivity index (χ0) is 25.4. The maximum absolute atomic E-state index is 12.5. The highest BCUT2D eigenvalue weighted by Gasteiger charge is 2.23. The Kier molecular flexibility index (Phi) is 8.57. The van der Waals surface area contributed by atoms with Crippen LogP contribution >= 0.6 is 0 Å². The number of carbonyl (C=O) groups excluding carboxylic acids is 3. The minimum atomic E-state index is -0.529. The molecule has 0 atom stereocenters. The summed E-state index contributed by atoms with van der Waals surface area (Å²) in [6, 6.07) is 10.2. The molecular weight excluding hydrogens is 434 g/mol. The molecule has 0 aromatic heterocycles. The van der Waals surface area contributed by atoms with E-state index in [1.54, 1.807) is 12.1 Å². The molecule has 34 heavy (non-hydrogen) atoms. The minimum absolute atomic E-state index is 0.0745. The van der Waals surface area contributed by atoms with Crippen LogP contribution in [0.4, 0.5) is 22.7 Å². The average Bonchev–Trinajstić information content (AvgIpc) is 2.82. The molecule has 0 aliphatic heterocycles. The van der Waals surface area contributed by atoms with Gasteiger partial charge in [0.05, 0.1) is 22.4 Å². The van der Waals surface area contributed by atoms with Crippen LogP contribution in [-0.4, -0.2) is 50.2 Å². The number of aldehydes is 1. The fraction of sp³-hybridized carbons (Fsp3) is 0.292. The van der Waals surface area contributed by atoms with Gasteiger partial charge in [0.2, 0.25) is 5.91 Å². The largest absolute Gasteiger partial charge is 0.372 e. The molecule has 10 heteroatoms. The first-order valence-electron chi connectivity index (χ1n) is 10.5. The maximum Gasteiger partial charge on any atom is 0.254 e. The molecule has 0 bridgehead atoms. The number of nitrogens with one attached hydrogen (secondary N) is 1. The van der Waals surface area contributed by atoms with E-state index in [9.17, 15) is 24.9 Å². The van der Waals surface area contributed by atoms with E-state index in [4.69, 9.17) is 0 Å². The number of rotatable bonds is 8. The molecule has 1 N–H and O–H groups in total. The Balaban J connectivity index is 2.70. The van der Waals surface area contributed by atoms with Crippen LogP contribution in [0.2, 0.25) is 0 Å². The van der Waals surface area contributed by atoms with E-state index >= 15 is 0 Å². The predicted octanol–water partition coefficient (Wildman–Crippen LogP) is 4.16. The van der Waals surface area contributed by atoms with Crippen molar-refractivity contribution in [1.29, 1.82) is 10.5 Å². The lowest BCUT2D eigenvalue weighted by Gasteiger charge is -2.22. The topological polar surface area (TPSA) is 142 Å². The Labute approximate surface area is 198 Å². The van der Waals surface area contributed by atoms with Gasteiger partial charge in [0, 0.05) is 45.4 Å². The van der Waals surface area contributed by atoms with Gasteiger partial charge in [-0.3, -0.25) is 14.4 Å². The Morgan fingerprint density at radius 2 is 1.76 bits per heavy atom. The first kappa shape index (κ1) is 25.7. The highest BCUT2D eigenvalue weighted by atomic mass is 16.2. The van der Waals surface area contributed by atoms with Crippen molar-refractivity contribution in [3.63, 3.8) is 0 Å². The summed E-state index contributed by atoms with van der Waals surface area (Å²) in [5.74, 6) is -0.836. The van der Waals surface area contributed by atoms with Gasteiger partial charge in [0.1, 0.15) is 23.5 Å². The van der Waals surface area contributed by atoms with Crippen molar-refractivity contribution < 1.29 is 14.4 Å². The molecule has 0 saturated carbocycles. The second-order valence-corrected chi connectivity index (χ2v) is 7.40. The van der Waals surface area contributed by atoms with E-state index in [2.05, 4.69) is 20.4 Å². The molecule has 2 amide bonds. The van der Waals surface area contributed by atoms with Crippen LogP contribution < -0.4 is 10.2 Å². The summed E-state index contributed by atoms with van der Waals surface area (Å²) in [6.07, 6.45) is 0.386. The van der Waals surface area contributed by atoms with Gasteiger partial charge < -0.3 is 15.1 Å². The van der Waals surface area contributed by atoms with Crippen LogP contribution in [0.15, 0.2) is 34.5 Å². The second kappa shape index (κ2) is 11.3. The third-order valence-electron chi connectivity index (χ3n) is 5.00. The predicted molar refractivity (Wildman–Crippen MR) is 128 cm³/mol. The summed E-state index contributed by atoms with van der Waals surface area (Å²) in [7, 11) is 2.99. The van der Waals surface area contributed by atoms with Gasteiger partial charge in [0.25, 0.3) is 5.91 Å². The van der Waals surface area contributed by atoms with Crippen molar-refractivity contribution in [2.24, 2.45) is 10.2 Å². The van der Waals surface area contributed by atoms with Crippen LogP contribution in [0.25, 0.3) is 0 Å². The van der Waals surface area contributed by atoms with Gasteiger partial charge in [0.15, 0.2) is 6.29 Å². The molecule has 174 valence electrons. The van der Waals surface area contributed by atoms with E-state index in [-0.39, 0.29) is 33.8 Å². The third-order valence-corrected chi connectivity index (χ3v) is 5.00. The molecule has 0 radical (unpaired) electrons. The summed E-state index contributed by atoms with van der Waals surface area (Å²) >= 11 is 0. The molecule has 2 aromatic rings. The van der Waals surface area contributed by atoms with Crippen molar-refractivity contribution >= 4 is 40.9 Å². The molecule has 10 nitrogen and oxygen atoms in total. The summed E-state index contributed by atoms with van der Waals surface area (Å²) in [6.45, 7) is 6.92. The third kappa shape index (κ3) is 5.43. The van der Waals surface area contributed by atoms with E-state index in [1.165, 1.54) is 32.0 Å². The van der Waals surface area contributed by atoms with Gasteiger partial charge in [-0.15, -0.1) is 10.2 Å². The number of anilines is 2. The van der Waals surface area contributed by atoms with E-state index < -0.39 is 5.91 Å². The van der Waals surface area contributed by atoms with E-state index in [0.29, 0.717) is 17.7 Å². The number of azo groups is 1. The second-order valence-electron chi connectivity index (χ2n) is 7.40. The highest BCUT2D eigenvalue weighted by molar-refractivity contribution is 6.04. The Bertz CT molecular complexity index is 1230. The van der Waals surface area contributed by atoms with Crippen molar-refractivity contribution in [1.82, 2.24) is 4.90 Å². The van der Waals surface area contributed by atoms with Crippen LogP contribution in [-0.2, 0) is 4.79 Å². The zero-order valence-electron chi connectivity index (χ0n) is 19.7. The van der Waals surface area contributed by atoms with Crippen molar-refractivity contribution in [3.8, 4) is 12.1 Å². The summed E-state index contributed by atoms with van der Waals surface area (Å²) in [5.41, 5.74) is 0.859. The Hall–Kier alpha value is -4.57. The Morgan fingerprint density at radius 1 is 1.09 bits per heavy atom. The number of amides is 2. The number of hydrogen-bond acceptors (Lipinski definition) is 8. The smallest absolute Gasteiger partial charge is 0.254 e. The van der Waals surface area contributed by atoms with Crippen LogP contribution in [0.1, 0.15) is 52.6 Å². The first-order valence-corrected chi connectivity index (χ1v) is 10.5. The van der Waals surface area contributed by atoms with Crippen LogP contribution in [0.5, 0.6) is 0 Å². The van der Waals surface area contributed by atoms with E-state index in [1.807, 2.05) is 32.1 Å². The van der Waals surface area contributed by atoms with Crippen LogP contribution in [0, 0.1) is 22.7 Å². The first-order chi connectivity index (χ1) is 16.2. The zero-order valence-corrected chi connectivity index (χ0v) is 19.7. The molecule has 0 aliphatic rings. The maximum atomic E-state index is 12.5. The number of benzene rings is 2. The van der Waals surface area contributed by atoms with Gasteiger partial charge >= 0.3 is 0 Å². The molecule has 0 spiro atoms. The standard InChI is InChI=1S/C24H25N7O3/c1-6-31(7-2)17-8-9-21(22(11-17)27-15(3)33)28-29-23-16(12-25)10-18(24(34)30(4)5)20(14-32)19(23)13-26/h8-11,14H,6-7H2,1-5H3,(H,27,33). The van der Waals surface area contributed by atoms with Gasteiger partial charge in [-0.05, 0) is 38.1 Å². The molecule has 0 fully saturated rings. The highest BCUT2D eigenvalue weighted by Crippen LogP contribution is 2.35. The van der Waals surface area contributed by atoms with Crippen LogP contribution in [0.3, 0.4) is 0 Å².